The molecule has 2 heterocycles. The summed E-state index contributed by atoms with van der Waals surface area (Å²) in [6.07, 6.45) is 0. The van der Waals surface area contributed by atoms with Crippen LogP contribution in [0.5, 0.6) is 5.75 Å². The number of hydrogen-bond acceptors (Lipinski definition) is 5. The van der Waals surface area contributed by atoms with Crippen molar-refractivity contribution in [1.29, 1.82) is 0 Å². The fraction of sp³-hybridized carbons (Fsp3) is 0. The average molecular weight is 584 g/mol. The molecule has 0 radical (unpaired) electrons. The molecule has 0 saturated heterocycles. The molecule has 0 aliphatic carbocycles. The first-order valence-electron chi connectivity index (χ1n) is 11.3. The van der Waals surface area contributed by atoms with Crippen LogP contribution in [0, 0.1) is 0 Å². The van der Waals surface area contributed by atoms with Gasteiger partial charge in [-0.1, -0.05) is 109 Å². The maximum absolute atomic E-state index is 12.3. The average Bonchev–Trinajstić information content (AvgIpc) is 2.94. The van der Waals surface area contributed by atoms with Gasteiger partial charge in [0.1, 0.15) is 0 Å². The number of benzene rings is 4. The molecule has 0 bridgehead atoms. The van der Waals surface area contributed by atoms with E-state index in [-0.39, 0.29) is 74.6 Å². The summed E-state index contributed by atoms with van der Waals surface area (Å²) in [5.74, 6) is 1.71. The normalized spacial score (nSPS) is 10.7. The summed E-state index contributed by atoms with van der Waals surface area (Å²) < 4.78 is 0. The van der Waals surface area contributed by atoms with Gasteiger partial charge in [-0.25, -0.2) is 19.9 Å². The molecular formula is C30H19CsN4O. The monoisotopic (exact) mass is 584 g/mol. The Morgan fingerprint density at radius 2 is 0.972 bits per heavy atom. The fourth-order valence-corrected chi connectivity index (χ4v) is 4.04. The van der Waals surface area contributed by atoms with Gasteiger partial charge in [0.05, 0.1) is 11.2 Å². The fourth-order valence-electron chi connectivity index (χ4n) is 4.04. The molecule has 166 valence electrons. The van der Waals surface area contributed by atoms with Gasteiger partial charge < -0.3 is 5.11 Å². The van der Waals surface area contributed by atoms with Crippen molar-refractivity contribution in [2.75, 3.05) is 0 Å². The second-order valence-electron chi connectivity index (χ2n) is 8.14. The Hall–Kier alpha value is -2.85. The van der Waals surface area contributed by atoms with Crippen molar-refractivity contribution in [1.82, 2.24) is 19.9 Å². The van der Waals surface area contributed by atoms with Crippen molar-refractivity contribution >= 4 is 10.9 Å². The van der Waals surface area contributed by atoms with Gasteiger partial charge in [-0.3, -0.25) is 0 Å². The molecule has 0 fully saturated rings. The number of nitrogens with zero attached hydrogens (tertiary/aromatic N) is 4. The van der Waals surface area contributed by atoms with Crippen LogP contribution in [0.1, 0.15) is 0 Å². The van der Waals surface area contributed by atoms with Gasteiger partial charge in [-0.05, 0) is 17.5 Å². The van der Waals surface area contributed by atoms with Gasteiger partial charge in [0.15, 0.2) is 17.5 Å². The number of rotatable bonds is 4. The molecule has 0 saturated carbocycles. The second-order valence-corrected chi connectivity index (χ2v) is 8.14. The summed E-state index contributed by atoms with van der Waals surface area (Å²) in [5.41, 5.74) is 4.76. The summed E-state index contributed by atoms with van der Waals surface area (Å²) in [4.78, 5) is 19.0. The van der Waals surface area contributed by atoms with E-state index in [0.29, 0.717) is 23.0 Å². The molecule has 6 heteroatoms. The van der Waals surface area contributed by atoms with E-state index in [1.165, 1.54) is 6.07 Å². The van der Waals surface area contributed by atoms with E-state index in [2.05, 4.69) is 4.98 Å². The third-order valence-corrected chi connectivity index (χ3v) is 5.80. The first kappa shape index (κ1) is 24.8. The summed E-state index contributed by atoms with van der Waals surface area (Å²) in [6.45, 7) is 0. The van der Waals surface area contributed by atoms with Gasteiger partial charge in [0, 0.05) is 22.3 Å². The molecule has 0 aliphatic heterocycles. The minimum absolute atomic E-state index is 0. The Bertz CT molecular complexity index is 1600. The van der Waals surface area contributed by atoms with E-state index in [0.717, 1.165) is 33.3 Å². The van der Waals surface area contributed by atoms with Crippen molar-refractivity contribution in [2.24, 2.45) is 0 Å². The van der Waals surface area contributed by atoms with Crippen molar-refractivity contribution < 1.29 is 74.0 Å². The molecular weight excluding hydrogens is 565 g/mol. The summed E-state index contributed by atoms with van der Waals surface area (Å²) in [5, 5.41) is 13.1. The Morgan fingerprint density at radius 3 is 1.61 bits per heavy atom. The predicted octanol–water partition coefficient (Wildman–Crippen LogP) is 3.17. The van der Waals surface area contributed by atoms with E-state index in [1.54, 1.807) is 6.07 Å². The standard InChI is InChI=1S/C30H20N4O.Cs/c35-26-16-8-13-20-17-18-25(31-27(20)26)23-14-7-15-24(19-23)30-33-28(21-9-3-1-4-10-21)32-29(34-30)22-11-5-2-6-12-22;/h1-19,35H;/q;+1/p-1. The smallest absolute Gasteiger partial charge is 0.871 e. The van der Waals surface area contributed by atoms with Crippen LogP contribution in [0.25, 0.3) is 56.3 Å². The minimum Gasteiger partial charge on any atom is -0.871 e. The van der Waals surface area contributed by atoms with Gasteiger partial charge in [0.2, 0.25) is 0 Å². The molecule has 5 nitrogen and oxygen atoms in total. The largest absolute Gasteiger partial charge is 1.00 e. The summed E-state index contributed by atoms with van der Waals surface area (Å²) in [6, 6.07) is 36.7. The number of fused-ring (bicyclic) bond motifs is 1. The Labute approximate surface area is 267 Å². The summed E-state index contributed by atoms with van der Waals surface area (Å²) >= 11 is 0. The predicted molar refractivity (Wildman–Crippen MR) is 136 cm³/mol. The second kappa shape index (κ2) is 11.0. The molecule has 2 aromatic heterocycles. The topological polar surface area (TPSA) is 74.6 Å². The maximum Gasteiger partial charge on any atom is 1.00 e. The molecule has 36 heavy (non-hydrogen) atoms. The molecule has 0 amide bonds. The van der Waals surface area contributed by atoms with E-state index >= 15 is 0 Å². The van der Waals surface area contributed by atoms with Crippen LogP contribution < -0.4 is 74.0 Å². The van der Waals surface area contributed by atoms with Crippen LogP contribution >= 0.6 is 0 Å². The quantitative estimate of drug-likeness (QED) is 0.319. The van der Waals surface area contributed by atoms with Crippen molar-refractivity contribution in [3.05, 3.63) is 115 Å². The Kier molecular flexibility index (Phi) is 7.62. The molecule has 6 aromatic rings. The maximum atomic E-state index is 12.3. The van der Waals surface area contributed by atoms with Crippen LogP contribution in [0.3, 0.4) is 0 Å². The number of para-hydroxylation sites is 1. The zero-order valence-corrected chi connectivity index (χ0v) is 25.9. The number of pyridine rings is 1. The third kappa shape index (κ3) is 5.15. The molecule has 6 rings (SSSR count). The summed E-state index contributed by atoms with van der Waals surface area (Å²) in [7, 11) is 0. The van der Waals surface area contributed by atoms with Crippen LogP contribution in [0.4, 0.5) is 0 Å². The number of hydrogen-bond donors (Lipinski definition) is 0. The van der Waals surface area contributed by atoms with Crippen molar-refractivity contribution in [3.8, 4) is 51.2 Å². The van der Waals surface area contributed by atoms with Crippen molar-refractivity contribution in [3.63, 3.8) is 0 Å². The first-order valence-corrected chi connectivity index (χ1v) is 11.3. The molecule has 0 unspecified atom stereocenters. The Morgan fingerprint density at radius 1 is 0.444 bits per heavy atom. The number of aromatic nitrogens is 4. The van der Waals surface area contributed by atoms with E-state index in [4.69, 9.17) is 15.0 Å². The minimum atomic E-state index is -0.0852. The van der Waals surface area contributed by atoms with Crippen LogP contribution in [-0.4, -0.2) is 19.9 Å². The van der Waals surface area contributed by atoms with Gasteiger partial charge in [0.25, 0.3) is 0 Å². The van der Waals surface area contributed by atoms with E-state index < -0.39 is 0 Å². The molecule has 0 spiro atoms. The van der Waals surface area contributed by atoms with E-state index in [1.807, 2.05) is 103 Å². The SMILES string of the molecule is [Cs+].[O-]c1cccc2ccc(-c3cccc(-c4nc(-c5ccccc5)nc(-c5ccccc5)n4)c3)nc12. The molecule has 0 aliphatic rings. The van der Waals surface area contributed by atoms with Crippen LogP contribution in [0.15, 0.2) is 115 Å². The third-order valence-electron chi connectivity index (χ3n) is 5.80. The van der Waals surface area contributed by atoms with Gasteiger partial charge in [-0.2, -0.15) is 0 Å². The first-order chi connectivity index (χ1) is 17.2. The zero-order valence-electron chi connectivity index (χ0n) is 19.7. The van der Waals surface area contributed by atoms with Crippen molar-refractivity contribution in [2.45, 2.75) is 0 Å². The Balaban J connectivity index is 0.00000267. The van der Waals surface area contributed by atoms with Crippen LogP contribution in [-0.2, 0) is 0 Å². The molecule has 0 atom stereocenters. The van der Waals surface area contributed by atoms with E-state index in [9.17, 15) is 5.11 Å². The zero-order chi connectivity index (χ0) is 23.6. The van der Waals surface area contributed by atoms with Crippen LogP contribution in [0.2, 0.25) is 0 Å². The van der Waals surface area contributed by atoms with Gasteiger partial charge in [-0.15, -0.1) is 0 Å². The van der Waals surface area contributed by atoms with Gasteiger partial charge >= 0.3 is 68.9 Å². The molecule has 0 N–H and O–H groups in total. The molecule has 4 aromatic carbocycles.